The number of hydrogen-bond acceptors (Lipinski definition) is 4. The highest BCUT2D eigenvalue weighted by Gasteiger charge is 2.16. The fourth-order valence-corrected chi connectivity index (χ4v) is 3.12. The summed E-state index contributed by atoms with van der Waals surface area (Å²) in [5, 5.41) is 3.10. The molecule has 2 aromatic carbocycles. The molecule has 1 N–H and O–H groups in total. The molecule has 2 rings (SSSR count). The van der Waals surface area contributed by atoms with E-state index in [0.717, 1.165) is 4.31 Å². The van der Waals surface area contributed by atoms with Gasteiger partial charge in [-0.2, -0.15) is 0 Å². The third kappa shape index (κ3) is 4.94. The Balaban J connectivity index is 1.85. The van der Waals surface area contributed by atoms with Crippen LogP contribution in [0.15, 0.2) is 53.4 Å². The van der Waals surface area contributed by atoms with Crippen molar-refractivity contribution < 1.29 is 17.9 Å². The van der Waals surface area contributed by atoms with Crippen LogP contribution in [0.5, 0.6) is 5.75 Å². The second kappa shape index (κ2) is 8.33. The number of sulfonamides is 1. The maximum Gasteiger partial charge on any atom is 0.252 e. The average Bonchev–Trinajstić information content (AvgIpc) is 2.59. The number of nitrogens with zero attached hydrogens (tertiary/aromatic N) is 1. The number of hydrogen-bond donors (Lipinski definition) is 1. The first-order chi connectivity index (χ1) is 11.8. The molecule has 0 aliphatic heterocycles. The summed E-state index contributed by atoms with van der Waals surface area (Å²) in [6.07, 6.45) is 0. The first-order valence-corrected chi connectivity index (χ1v) is 9.32. The second-order valence-electron chi connectivity index (χ2n) is 5.34. The Morgan fingerprint density at radius 1 is 1.12 bits per heavy atom. The summed E-state index contributed by atoms with van der Waals surface area (Å²) in [5.41, 5.74) is 0.405. The summed E-state index contributed by atoms with van der Waals surface area (Å²) in [7, 11) is -0.509. The van der Waals surface area contributed by atoms with Crippen LogP contribution < -0.4 is 10.1 Å². The zero-order chi connectivity index (χ0) is 18.4. The van der Waals surface area contributed by atoms with Crippen LogP contribution in [0.2, 0.25) is 5.02 Å². The fraction of sp³-hybridized carbons (Fsp3) is 0.235. The molecule has 134 valence electrons. The monoisotopic (exact) mass is 382 g/mol. The molecule has 0 fully saturated rings. The van der Waals surface area contributed by atoms with Gasteiger partial charge < -0.3 is 10.1 Å². The van der Waals surface area contributed by atoms with Gasteiger partial charge in [0.25, 0.3) is 5.91 Å². The smallest absolute Gasteiger partial charge is 0.252 e. The number of ether oxygens (including phenoxy) is 1. The average molecular weight is 383 g/mol. The molecule has 0 heterocycles. The van der Waals surface area contributed by atoms with Gasteiger partial charge in [-0.1, -0.05) is 23.7 Å². The van der Waals surface area contributed by atoms with Gasteiger partial charge >= 0.3 is 0 Å². The van der Waals surface area contributed by atoms with E-state index in [2.05, 4.69) is 5.32 Å². The van der Waals surface area contributed by atoms with Crippen LogP contribution in [0, 0.1) is 0 Å². The van der Waals surface area contributed by atoms with Gasteiger partial charge in [-0.3, -0.25) is 4.79 Å². The van der Waals surface area contributed by atoms with Crippen molar-refractivity contribution in [2.75, 3.05) is 27.2 Å². The molecule has 0 spiro atoms. The van der Waals surface area contributed by atoms with Crippen LogP contribution in [-0.2, 0) is 10.0 Å². The van der Waals surface area contributed by atoms with Crippen molar-refractivity contribution in [3.8, 4) is 5.75 Å². The molecule has 8 heteroatoms. The number of amides is 1. The first kappa shape index (κ1) is 19.2. The fourth-order valence-electron chi connectivity index (χ4n) is 1.99. The van der Waals surface area contributed by atoms with Crippen LogP contribution in [0.1, 0.15) is 10.4 Å². The predicted molar refractivity (Wildman–Crippen MR) is 96.6 cm³/mol. The van der Waals surface area contributed by atoms with E-state index in [4.69, 9.17) is 16.3 Å². The Kier molecular flexibility index (Phi) is 6.41. The van der Waals surface area contributed by atoms with Gasteiger partial charge in [0.05, 0.1) is 22.0 Å². The van der Waals surface area contributed by atoms with E-state index in [1.807, 2.05) is 0 Å². The van der Waals surface area contributed by atoms with Crippen LogP contribution in [-0.4, -0.2) is 45.9 Å². The number of carbonyl (C=O) groups is 1. The van der Waals surface area contributed by atoms with E-state index in [1.165, 1.54) is 26.2 Å². The van der Waals surface area contributed by atoms with Gasteiger partial charge in [-0.15, -0.1) is 0 Å². The Hall–Kier alpha value is -2.09. The first-order valence-electron chi connectivity index (χ1n) is 7.50. The van der Waals surface area contributed by atoms with E-state index >= 15 is 0 Å². The van der Waals surface area contributed by atoms with Crippen LogP contribution in [0.3, 0.4) is 0 Å². The lowest BCUT2D eigenvalue weighted by atomic mass is 10.2. The molecule has 0 aromatic heterocycles. The topological polar surface area (TPSA) is 75.7 Å². The van der Waals surface area contributed by atoms with Crippen molar-refractivity contribution >= 4 is 27.5 Å². The van der Waals surface area contributed by atoms with E-state index in [9.17, 15) is 13.2 Å². The summed E-state index contributed by atoms with van der Waals surface area (Å²) in [6, 6.07) is 12.9. The van der Waals surface area contributed by atoms with Crippen LogP contribution in [0.4, 0.5) is 0 Å². The quantitative estimate of drug-likeness (QED) is 0.746. The Morgan fingerprint density at radius 2 is 1.76 bits per heavy atom. The molecule has 25 heavy (non-hydrogen) atoms. The molecular weight excluding hydrogens is 364 g/mol. The van der Waals surface area contributed by atoms with E-state index in [0.29, 0.717) is 22.9 Å². The van der Waals surface area contributed by atoms with E-state index in [-0.39, 0.29) is 17.4 Å². The molecule has 2 aromatic rings. The highest BCUT2D eigenvalue weighted by Crippen LogP contribution is 2.18. The minimum absolute atomic E-state index is 0.192. The summed E-state index contributed by atoms with van der Waals surface area (Å²) in [5.74, 6) is 0.242. The van der Waals surface area contributed by atoms with Crippen molar-refractivity contribution in [1.82, 2.24) is 9.62 Å². The van der Waals surface area contributed by atoms with Gasteiger partial charge in [0.2, 0.25) is 10.0 Å². The van der Waals surface area contributed by atoms with Crippen LogP contribution in [0.25, 0.3) is 0 Å². The zero-order valence-corrected chi connectivity index (χ0v) is 15.5. The zero-order valence-electron chi connectivity index (χ0n) is 13.9. The van der Waals surface area contributed by atoms with Gasteiger partial charge in [-0.25, -0.2) is 12.7 Å². The van der Waals surface area contributed by atoms with Crippen molar-refractivity contribution in [3.63, 3.8) is 0 Å². The molecule has 6 nitrogen and oxygen atoms in total. The third-order valence-corrected chi connectivity index (χ3v) is 5.54. The van der Waals surface area contributed by atoms with Crippen molar-refractivity contribution in [2.24, 2.45) is 0 Å². The number of benzene rings is 2. The van der Waals surface area contributed by atoms with Gasteiger partial charge in [-0.05, 0) is 36.4 Å². The lowest BCUT2D eigenvalue weighted by molar-refractivity contribution is 0.0947. The minimum atomic E-state index is -3.46. The summed E-state index contributed by atoms with van der Waals surface area (Å²) in [6.45, 7) is 0.539. The lowest BCUT2D eigenvalue weighted by Crippen LogP contribution is -2.28. The van der Waals surface area contributed by atoms with Crippen LogP contribution >= 0.6 is 11.6 Å². The maximum atomic E-state index is 12.0. The molecule has 0 aliphatic carbocycles. The number of rotatable bonds is 7. The maximum absolute atomic E-state index is 12.0. The number of nitrogens with one attached hydrogen (secondary N) is 1. The third-order valence-electron chi connectivity index (χ3n) is 3.38. The number of carbonyl (C=O) groups excluding carboxylic acids is 1. The summed E-state index contributed by atoms with van der Waals surface area (Å²) >= 11 is 5.96. The highest BCUT2D eigenvalue weighted by molar-refractivity contribution is 7.89. The predicted octanol–water partition coefficient (Wildman–Crippen LogP) is 2.40. The molecular formula is C17H19ClN2O4S. The van der Waals surface area contributed by atoms with Crippen molar-refractivity contribution in [3.05, 3.63) is 59.1 Å². The Morgan fingerprint density at radius 3 is 2.36 bits per heavy atom. The number of halogens is 1. The largest absolute Gasteiger partial charge is 0.492 e. The van der Waals surface area contributed by atoms with Gasteiger partial charge in [0.15, 0.2) is 0 Å². The minimum Gasteiger partial charge on any atom is -0.492 e. The summed E-state index contributed by atoms with van der Waals surface area (Å²) < 4.78 is 30.6. The molecule has 0 unspecified atom stereocenters. The molecule has 0 aliphatic rings. The summed E-state index contributed by atoms with van der Waals surface area (Å²) in [4.78, 5) is 12.2. The SMILES string of the molecule is CN(C)S(=O)(=O)c1ccc(OCCNC(=O)c2ccccc2Cl)cc1. The molecule has 0 bridgehead atoms. The van der Waals surface area contributed by atoms with Crippen molar-refractivity contribution in [2.45, 2.75) is 4.90 Å². The molecule has 0 saturated heterocycles. The molecule has 0 atom stereocenters. The normalized spacial score (nSPS) is 11.4. The second-order valence-corrected chi connectivity index (χ2v) is 7.90. The van der Waals surface area contributed by atoms with Crippen molar-refractivity contribution in [1.29, 1.82) is 0 Å². The molecule has 0 saturated carbocycles. The lowest BCUT2D eigenvalue weighted by Gasteiger charge is -2.12. The standard InChI is InChI=1S/C17H19ClN2O4S/c1-20(2)25(22,23)14-9-7-13(8-10-14)24-12-11-19-17(21)15-5-3-4-6-16(15)18/h3-10H,11-12H2,1-2H3,(H,19,21). The van der Waals surface area contributed by atoms with E-state index < -0.39 is 10.0 Å². The van der Waals surface area contributed by atoms with Gasteiger partial charge in [0.1, 0.15) is 12.4 Å². The van der Waals surface area contributed by atoms with E-state index in [1.54, 1.807) is 36.4 Å². The molecule has 0 radical (unpaired) electrons. The Labute approximate surface area is 152 Å². The molecule has 1 amide bonds. The van der Waals surface area contributed by atoms with Gasteiger partial charge in [0, 0.05) is 14.1 Å². The highest BCUT2D eigenvalue weighted by atomic mass is 35.5. The Bertz CT molecular complexity index is 836.